The highest BCUT2D eigenvalue weighted by Gasteiger charge is 2.19. The summed E-state index contributed by atoms with van der Waals surface area (Å²) in [4.78, 5) is 8.52. The van der Waals surface area contributed by atoms with Gasteiger partial charge >= 0.3 is 7.32 Å². The van der Waals surface area contributed by atoms with Crippen LogP contribution in [-0.4, -0.2) is 60.2 Å². The number of nitrogens with zero attached hydrogens (tertiary/aromatic N) is 3. The summed E-state index contributed by atoms with van der Waals surface area (Å²) >= 11 is 0. The Kier molecular flexibility index (Phi) is 4.32. The summed E-state index contributed by atoms with van der Waals surface area (Å²) in [5, 5.41) is 17.2. The maximum absolute atomic E-state index is 8.60. The molecule has 1 fully saturated rings. The van der Waals surface area contributed by atoms with Gasteiger partial charge in [-0.25, -0.2) is 4.98 Å². The van der Waals surface area contributed by atoms with Crippen LogP contribution in [0.3, 0.4) is 0 Å². The van der Waals surface area contributed by atoms with Crippen molar-refractivity contribution < 1.29 is 14.7 Å². The Morgan fingerprint density at radius 2 is 2.00 bits per heavy atom. The average molecular weight is 237 g/mol. The molecule has 0 aliphatic carbocycles. The second kappa shape index (κ2) is 5.97. The third-order valence-electron chi connectivity index (χ3n) is 2.75. The zero-order valence-electron chi connectivity index (χ0n) is 9.57. The molecule has 0 radical (unpaired) electrons. The molecule has 0 atom stereocenters. The first-order valence-electron chi connectivity index (χ1n) is 5.62. The molecule has 6 nitrogen and oxygen atoms in total. The Morgan fingerprint density at radius 3 is 2.59 bits per heavy atom. The molecule has 0 bridgehead atoms. The van der Waals surface area contributed by atoms with Crippen LogP contribution in [0.15, 0.2) is 24.4 Å². The van der Waals surface area contributed by atoms with Crippen molar-refractivity contribution in [3.05, 3.63) is 24.4 Å². The molecule has 1 aliphatic rings. The molecule has 1 aliphatic heterocycles. The van der Waals surface area contributed by atoms with Crippen molar-refractivity contribution in [3.63, 3.8) is 0 Å². The number of pyridine rings is 1. The Labute approximate surface area is 101 Å². The molecular weight excluding hydrogens is 221 g/mol. The maximum Gasteiger partial charge on any atom is 0.634 e. The van der Waals surface area contributed by atoms with Gasteiger partial charge < -0.3 is 19.6 Å². The lowest BCUT2D eigenvalue weighted by Gasteiger charge is -2.35. The van der Waals surface area contributed by atoms with E-state index in [2.05, 4.69) is 9.88 Å². The van der Waals surface area contributed by atoms with E-state index in [1.54, 1.807) is 6.20 Å². The fourth-order valence-electron chi connectivity index (χ4n) is 1.82. The largest absolute Gasteiger partial charge is 0.634 e. The Hall–Kier alpha value is -1.15. The summed E-state index contributed by atoms with van der Waals surface area (Å²) in [5.74, 6) is 0.982. The lowest BCUT2D eigenvalue weighted by atomic mass is 10.3. The molecule has 1 saturated heterocycles. The van der Waals surface area contributed by atoms with Gasteiger partial charge in [-0.3, -0.25) is 4.90 Å². The van der Waals surface area contributed by atoms with Crippen molar-refractivity contribution in [1.29, 1.82) is 0 Å². The fraction of sp³-hybridized carbons (Fsp3) is 0.500. The molecule has 0 amide bonds. The molecule has 0 unspecified atom stereocenters. The molecule has 1 aromatic heterocycles. The summed E-state index contributed by atoms with van der Waals surface area (Å²) in [6.07, 6.45) is 1.78. The minimum Gasteiger partial charge on any atom is -0.402 e. The Balaban J connectivity index is 1.78. The van der Waals surface area contributed by atoms with Gasteiger partial charge in [0.05, 0.1) is 6.73 Å². The highest BCUT2D eigenvalue weighted by molar-refractivity contribution is 6.32. The van der Waals surface area contributed by atoms with Crippen LogP contribution in [0.1, 0.15) is 0 Å². The summed E-state index contributed by atoms with van der Waals surface area (Å²) in [6.45, 7) is 3.62. The standard InChI is InChI=1S/C10H16BN3O3/c15-11(16)17-9-13-5-7-14(8-6-13)10-3-1-2-4-12-10/h1-4,15-16H,5-9H2. The molecule has 1 aromatic rings. The number of anilines is 1. The number of aromatic nitrogens is 1. The van der Waals surface area contributed by atoms with Gasteiger partial charge in [-0.05, 0) is 12.1 Å². The van der Waals surface area contributed by atoms with Crippen LogP contribution in [-0.2, 0) is 4.65 Å². The van der Waals surface area contributed by atoms with Gasteiger partial charge in [-0.2, -0.15) is 0 Å². The average Bonchev–Trinajstić information content (AvgIpc) is 2.38. The van der Waals surface area contributed by atoms with E-state index in [1.165, 1.54) is 0 Å². The van der Waals surface area contributed by atoms with Gasteiger partial charge in [0.15, 0.2) is 0 Å². The predicted molar refractivity (Wildman–Crippen MR) is 64.2 cm³/mol. The molecular formula is C10H16BN3O3. The summed E-state index contributed by atoms with van der Waals surface area (Å²) in [6, 6.07) is 5.86. The van der Waals surface area contributed by atoms with E-state index in [9.17, 15) is 0 Å². The molecule has 2 N–H and O–H groups in total. The van der Waals surface area contributed by atoms with Crippen LogP contribution >= 0.6 is 0 Å². The van der Waals surface area contributed by atoms with E-state index in [4.69, 9.17) is 14.7 Å². The highest BCUT2D eigenvalue weighted by atomic mass is 16.6. The molecule has 0 aromatic carbocycles. The minimum absolute atomic E-state index is 0.244. The van der Waals surface area contributed by atoms with E-state index in [0.717, 1.165) is 32.0 Å². The Bertz CT molecular complexity index is 331. The van der Waals surface area contributed by atoms with Gasteiger partial charge in [-0.1, -0.05) is 6.07 Å². The maximum atomic E-state index is 8.60. The van der Waals surface area contributed by atoms with E-state index >= 15 is 0 Å². The van der Waals surface area contributed by atoms with E-state index in [1.807, 2.05) is 23.1 Å². The van der Waals surface area contributed by atoms with E-state index in [0.29, 0.717) is 0 Å². The monoisotopic (exact) mass is 237 g/mol. The second-order valence-corrected chi connectivity index (χ2v) is 3.92. The topological polar surface area (TPSA) is 69.1 Å². The van der Waals surface area contributed by atoms with Crippen LogP contribution < -0.4 is 4.90 Å². The number of hydrogen-bond acceptors (Lipinski definition) is 6. The van der Waals surface area contributed by atoms with Crippen LogP contribution in [0.5, 0.6) is 0 Å². The molecule has 2 rings (SSSR count). The zero-order chi connectivity index (χ0) is 12.1. The molecule has 92 valence electrons. The molecule has 7 heteroatoms. The number of rotatable bonds is 4. The molecule has 0 saturated carbocycles. The molecule has 2 heterocycles. The normalized spacial score (nSPS) is 17.2. The van der Waals surface area contributed by atoms with Crippen LogP contribution in [0.2, 0.25) is 0 Å². The zero-order valence-corrected chi connectivity index (χ0v) is 9.57. The van der Waals surface area contributed by atoms with Crippen molar-refractivity contribution in [2.24, 2.45) is 0 Å². The number of piperazine rings is 1. The lowest BCUT2D eigenvalue weighted by Crippen LogP contribution is -2.48. The second-order valence-electron chi connectivity index (χ2n) is 3.92. The van der Waals surface area contributed by atoms with Gasteiger partial charge in [0, 0.05) is 32.4 Å². The molecule has 0 spiro atoms. The minimum atomic E-state index is -1.69. The fourth-order valence-corrected chi connectivity index (χ4v) is 1.82. The first-order valence-corrected chi connectivity index (χ1v) is 5.62. The first-order chi connectivity index (χ1) is 8.25. The SMILES string of the molecule is OB(O)OCN1CCN(c2ccccn2)CC1. The first kappa shape index (κ1) is 12.3. The van der Waals surface area contributed by atoms with Crippen molar-refractivity contribution in [2.45, 2.75) is 0 Å². The molecule has 17 heavy (non-hydrogen) atoms. The van der Waals surface area contributed by atoms with E-state index in [-0.39, 0.29) is 6.73 Å². The van der Waals surface area contributed by atoms with Gasteiger partial charge in [0.1, 0.15) is 5.82 Å². The van der Waals surface area contributed by atoms with Crippen molar-refractivity contribution in [3.8, 4) is 0 Å². The lowest BCUT2D eigenvalue weighted by molar-refractivity contribution is 0.0758. The van der Waals surface area contributed by atoms with Crippen LogP contribution in [0.25, 0.3) is 0 Å². The smallest absolute Gasteiger partial charge is 0.402 e. The third kappa shape index (κ3) is 3.67. The van der Waals surface area contributed by atoms with E-state index < -0.39 is 7.32 Å². The van der Waals surface area contributed by atoms with Crippen molar-refractivity contribution in [2.75, 3.05) is 37.8 Å². The summed E-state index contributed by atoms with van der Waals surface area (Å²) in [5.41, 5.74) is 0. The Morgan fingerprint density at radius 1 is 1.24 bits per heavy atom. The van der Waals surface area contributed by atoms with Crippen LogP contribution in [0.4, 0.5) is 5.82 Å². The number of hydrogen-bond donors (Lipinski definition) is 2. The summed E-state index contributed by atoms with van der Waals surface area (Å²) < 4.78 is 4.73. The predicted octanol–water partition coefficient (Wildman–Crippen LogP) is -0.853. The van der Waals surface area contributed by atoms with Crippen molar-refractivity contribution in [1.82, 2.24) is 9.88 Å². The summed E-state index contributed by atoms with van der Waals surface area (Å²) in [7, 11) is -1.69. The van der Waals surface area contributed by atoms with Crippen molar-refractivity contribution >= 4 is 13.1 Å². The van der Waals surface area contributed by atoms with Gasteiger partial charge in [0.25, 0.3) is 0 Å². The van der Waals surface area contributed by atoms with Crippen LogP contribution in [0, 0.1) is 0 Å². The van der Waals surface area contributed by atoms with Gasteiger partial charge in [-0.15, -0.1) is 0 Å². The highest BCUT2D eigenvalue weighted by Crippen LogP contribution is 2.12. The van der Waals surface area contributed by atoms with Gasteiger partial charge in [0.2, 0.25) is 0 Å². The quantitative estimate of drug-likeness (QED) is 0.664. The third-order valence-corrected chi connectivity index (χ3v) is 2.75.